The van der Waals surface area contributed by atoms with Crippen molar-refractivity contribution in [2.75, 3.05) is 6.54 Å². The zero-order chi connectivity index (χ0) is 13.2. The van der Waals surface area contributed by atoms with Gasteiger partial charge in [-0.25, -0.2) is 4.98 Å². The number of fused-ring (bicyclic) bond motifs is 1. The summed E-state index contributed by atoms with van der Waals surface area (Å²) in [5.41, 5.74) is 7.81. The van der Waals surface area contributed by atoms with E-state index >= 15 is 0 Å². The SMILES string of the molecule is NCCCCCc1nc2cc(Cl)ccc2n1C1CC1. The van der Waals surface area contributed by atoms with E-state index in [0.29, 0.717) is 6.04 Å². The predicted octanol–water partition coefficient (Wildman–Crippen LogP) is 3.70. The number of aryl methyl sites for hydroxylation is 1. The number of imidazole rings is 1. The van der Waals surface area contributed by atoms with Gasteiger partial charge in [-0.15, -0.1) is 0 Å². The quantitative estimate of drug-likeness (QED) is 0.818. The van der Waals surface area contributed by atoms with Gasteiger partial charge in [0.05, 0.1) is 11.0 Å². The maximum absolute atomic E-state index is 6.06. The van der Waals surface area contributed by atoms with Crippen LogP contribution in [0.5, 0.6) is 0 Å². The van der Waals surface area contributed by atoms with Crippen LogP contribution in [0.25, 0.3) is 11.0 Å². The van der Waals surface area contributed by atoms with E-state index in [2.05, 4.69) is 10.6 Å². The first-order valence-electron chi connectivity index (χ1n) is 7.16. The van der Waals surface area contributed by atoms with E-state index in [9.17, 15) is 0 Å². The number of hydrogen-bond acceptors (Lipinski definition) is 2. The van der Waals surface area contributed by atoms with Crippen molar-refractivity contribution in [3.63, 3.8) is 0 Å². The molecule has 1 heterocycles. The van der Waals surface area contributed by atoms with Gasteiger partial charge >= 0.3 is 0 Å². The number of halogens is 1. The molecule has 0 saturated heterocycles. The minimum Gasteiger partial charge on any atom is -0.330 e. The number of rotatable bonds is 6. The highest BCUT2D eigenvalue weighted by molar-refractivity contribution is 6.31. The van der Waals surface area contributed by atoms with Crippen LogP contribution in [0.3, 0.4) is 0 Å². The molecule has 0 radical (unpaired) electrons. The largest absolute Gasteiger partial charge is 0.330 e. The van der Waals surface area contributed by atoms with Crippen LogP contribution < -0.4 is 5.73 Å². The van der Waals surface area contributed by atoms with Crippen LogP contribution in [0, 0.1) is 0 Å². The fraction of sp³-hybridized carbons (Fsp3) is 0.533. The number of aromatic nitrogens is 2. The molecule has 102 valence electrons. The lowest BCUT2D eigenvalue weighted by Crippen LogP contribution is -2.03. The minimum atomic E-state index is 0.663. The third-order valence-corrected chi connectivity index (χ3v) is 3.98. The second-order valence-electron chi connectivity index (χ2n) is 5.36. The molecule has 1 saturated carbocycles. The fourth-order valence-electron chi connectivity index (χ4n) is 2.64. The monoisotopic (exact) mass is 277 g/mol. The molecule has 1 aliphatic carbocycles. The van der Waals surface area contributed by atoms with Crippen LogP contribution in [-0.4, -0.2) is 16.1 Å². The van der Waals surface area contributed by atoms with Crippen molar-refractivity contribution >= 4 is 22.6 Å². The number of benzene rings is 1. The summed E-state index contributed by atoms with van der Waals surface area (Å²) < 4.78 is 2.42. The summed E-state index contributed by atoms with van der Waals surface area (Å²) in [6, 6.07) is 6.70. The molecule has 0 atom stereocenters. The van der Waals surface area contributed by atoms with E-state index in [1.165, 1.54) is 37.0 Å². The molecule has 4 heteroatoms. The van der Waals surface area contributed by atoms with Crippen LogP contribution in [0.2, 0.25) is 5.02 Å². The van der Waals surface area contributed by atoms with Gasteiger partial charge in [0.1, 0.15) is 5.82 Å². The average molecular weight is 278 g/mol. The van der Waals surface area contributed by atoms with Crippen molar-refractivity contribution in [3.8, 4) is 0 Å². The van der Waals surface area contributed by atoms with Crippen LogP contribution in [0.1, 0.15) is 44.0 Å². The summed E-state index contributed by atoms with van der Waals surface area (Å²) in [5, 5.41) is 0.766. The third kappa shape index (κ3) is 2.77. The Morgan fingerprint density at radius 2 is 2.11 bits per heavy atom. The lowest BCUT2D eigenvalue weighted by atomic mass is 10.2. The molecule has 1 aromatic heterocycles. The molecule has 1 aliphatic rings. The van der Waals surface area contributed by atoms with Gasteiger partial charge in [-0.3, -0.25) is 0 Å². The van der Waals surface area contributed by atoms with Crippen molar-refractivity contribution in [3.05, 3.63) is 29.0 Å². The summed E-state index contributed by atoms with van der Waals surface area (Å²) in [7, 11) is 0. The van der Waals surface area contributed by atoms with Gasteiger partial charge < -0.3 is 10.3 Å². The molecule has 0 amide bonds. The zero-order valence-corrected chi connectivity index (χ0v) is 11.9. The van der Waals surface area contributed by atoms with E-state index in [0.717, 1.165) is 29.9 Å². The van der Waals surface area contributed by atoms with Crippen LogP contribution in [0.4, 0.5) is 0 Å². The van der Waals surface area contributed by atoms with Crippen molar-refractivity contribution < 1.29 is 0 Å². The van der Waals surface area contributed by atoms with Crippen LogP contribution >= 0.6 is 11.6 Å². The molecule has 0 unspecified atom stereocenters. The van der Waals surface area contributed by atoms with Gasteiger partial charge in [-0.2, -0.15) is 0 Å². The molecule has 3 nitrogen and oxygen atoms in total. The molecule has 1 fully saturated rings. The molecular formula is C15H20ClN3. The Kier molecular flexibility index (Phi) is 3.76. The van der Waals surface area contributed by atoms with E-state index in [1.807, 2.05) is 12.1 Å². The first-order chi connectivity index (χ1) is 9.29. The second kappa shape index (κ2) is 5.51. The van der Waals surface area contributed by atoms with Gasteiger partial charge in [0.25, 0.3) is 0 Å². The highest BCUT2D eigenvalue weighted by atomic mass is 35.5. The molecule has 1 aromatic carbocycles. The molecule has 2 aromatic rings. The second-order valence-corrected chi connectivity index (χ2v) is 5.80. The van der Waals surface area contributed by atoms with Gasteiger partial charge in [0, 0.05) is 17.5 Å². The van der Waals surface area contributed by atoms with Crippen molar-refractivity contribution in [1.82, 2.24) is 9.55 Å². The maximum Gasteiger partial charge on any atom is 0.110 e. The topological polar surface area (TPSA) is 43.8 Å². The lowest BCUT2D eigenvalue weighted by molar-refractivity contribution is 0.631. The number of unbranched alkanes of at least 4 members (excludes halogenated alkanes) is 2. The van der Waals surface area contributed by atoms with E-state index in [4.69, 9.17) is 22.3 Å². The lowest BCUT2D eigenvalue weighted by Gasteiger charge is -2.07. The Hall–Kier alpha value is -1.06. The molecule has 0 aliphatic heterocycles. The van der Waals surface area contributed by atoms with Crippen LogP contribution in [0.15, 0.2) is 18.2 Å². The average Bonchev–Trinajstić information content (AvgIpc) is 3.16. The van der Waals surface area contributed by atoms with E-state index in [1.54, 1.807) is 0 Å². The summed E-state index contributed by atoms with van der Waals surface area (Å²) in [6.45, 7) is 0.786. The Morgan fingerprint density at radius 3 is 2.84 bits per heavy atom. The highest BCUT2D eigenvalue weighted by Crippen LogP contribution is 2.39. The zero-order valence-electron chi connectivity index (χ0n) is 11.1. The molecule has 0 spiro atoms. The maximum atomic E-state index is 6.06. The Balaban J connectivity index is 1.87. The summed E-state index contributed by atoms with van der Waals surface area (Å²) in [5.74, 6) is 1.22. The van der Waals surface area contributed by atoms with Gasteiger partial charge in [-0.1, -0.05) is 18.0 Å². The summed E-state index contributed by atoms with van der Waals surface area (Å²) in [6.07, 6.45) is 7.07. The van der Waals surface area contributed by atoms with Crippen LogP contribution in [-0.2, 0) is 6.42 Å². The molecule has 0 bridgehead atoms. The first kappa shape index (κ1) is 12.9. The van der Waals surface area contributed by atoms with Gasteiger partial charge in [0.15, 0.2) is 0 Å². The Bertz CT molecular complexity index is 572. The number of hydrogen-bond donors (Lipinski definition) is 1. The highest BCUT2D eigenvalue weighted by Gasteiger charge is 2.27. The predicted molar refractivity (Wildman–Crippen MR) is 79.6 cm³/mol. The minimum absolute atomic E-state index is 0.663. The number of nitrogens with two attached hydrogens (primary N) is 1. The smallest absolute Gasteiger partial charge is 0.110 e. The van der Waals surface area contributed by atoms with E-state index in [-0.39, 0.29) is 0 Å². The molecular weight excluding hydrogens is 258 g/mol. The first-order valence-corrected chi connectivity index (χ1v) is 7.54. The summed E-state index contributed by atoms with van der Waals surface area (Å²) in [4.78, 5) is 4.78. The van der Waals surface area contributed by atoms with E-state index < -0.39 is 0 Å². The number of nitrogens with zero attached hydrogens (tertiary/aromatic N) is 2. The Morgan fingerprint density at radius 1 is 1.26 bits per heavy atom. The van der Waals surface area contributed by atoms with Crippen molar-refractivity contribution in [2.24, 2.45) is 5.73 Å². The van der Waals surface area contributed by atoms with Crippen molar-refractivity contribution in [2.45, 2.75) is 44.6 Å². The van der Waals surface area contributed by atoms with Gasteiger partial charge in [0.2, 0.25) is 0 Å². The third-order valence-electron chi connectivity index (χ3n) is 3.74. The summed E-state index contributed by atoms with van der Waals surface area (Å²) >= 11 is 6.06. The fourth-order valence-corrected chi connectivity index (χ4v) is 2.81. The molecule has 3 rings (SSSR count). The molecule has 2 N–H and O–H groups in total. The van der Waals surface area contributed by atoms with Gasteiger partial charge in [-0.05, 0) is 50.4 Å². The standard InChI is InChI=1S/C15H20ClN3/c16-11-5-8-14-13(10-11)18-15(4-2-1-3-9-17)19(14)12-6-7-12/h5,8,10,12H,1-4,6-7,9,17H2. The Labute approximate surface area is 118 Å². The van der Waals surface area contributed by atoms with Crippen molar-refractivity contribution in [1.29, 1.82) is 0 Å². The molecule has 19 heavy (non-hydrogen) atoms. The normalized spacial score (nSPS) is 15.3.